The van der Waals surface area contributed by atoms with Gasteiger partial charge in [0.25, 0.3) is 0 Å². The highest BCUT2D eigenvalue weighted by Gasteiger charge is 2.50. The van der Waals surface area contributed by atoms with Crippen molar-refractivity contribution in [3.05, 3.63) is 34.9 Å². The van der Waals surface area contributed by atoms with Gasteiger partial charge < -0.3 is 5.32 Å². The standard InChI is InChI=1S/C19H27ClN2O3S/c1-13(2)9-21-19(23)16-6-7-26(24,25)18-12-22(11-17(16)18)10-14-4-3-5-15(20)8-14/h3-5,8,13,16-18H,6-7,9-12H2,1-2H3,(H,21,23)/t16-,17+,18+/m1/s1. The van der Waals surface area contributed by atoms with Crippen LogP contribution in [0.3, 0.4) is 0 Å². The van der Waals surface area contributed by atoms with E-state index in [2.05, 4.69) is 24.1 Å². The van der Waals surface area contributed by atoms with Crippen LogP contribution in [-0.2, 0) is 21.2 Å². The molecule has 0 saturated carbocycles. The molecule has 2 aliphatic heterocycles. The van der Waals surface area contributed by atoms with Crippen molar-refractivity contribution in [2.75, 3.05) is 25.4 Å². The average molecular weight is 399 g/mol. The third kappa shape index (κ3) is 4.41. The molecule has 3 atom stereocenters. The minimum Gasteiger partial charge on any atom is -0.356 e. The molecule has 0 spiro atoms. The molecule has 0 radical (unpaired) electrons. The van der Waals surface area contributed by atoms with Gasteiger partial charge in [-0.3, -0.25) is 9.69 Å². The van der Waals surface area contributed by atoms with Crippen molar-refractivity contribution in [3.8, 4) is 0 Å². The lowest BCUT2D eigenvalue weighted by atomic mass is 9.87. The van der Waals surface area contributed by atoms with Crippen LogP contribution < -0.4 is 5.32 Å². The molecule has 0 aromatic heterocycles. The summed E-state index contributed by atoms with van der Waals surface area (Å²) in [4.78, 5) is 14.8. The van der Waals surface area contributed by atoms with Crippen molar-refractivity contribution < 1.29 is 13.2 Å². The number of nitrogens with one attached hydrogen (secondary N) is 1. The fourth-order valence-corrected chi connectivity index (χ4v) is 6.43. The summed E-state index contributed by atoms with van der Waals surface area (Å²) in [7, 11) is -3.14. The summed E-state index contributed by atoms with van der Waals surface area (Å²) in [5, 5.41) is 3.23. The van der Waals surface area contributed by atoms with E-state index in [-0.39, 0.29) is 23.5 Å². The van der Waals surface area contributed by atoms with Crippen LogP contribution in [0.1, 0.15) is 25.8 Å². The Morgan fingerprint density at radius 1 is 1.35 bits per heavy atom. The molecule has 2 aliphatic rings. The molecule has 3 rings (SSSR count). The van der Waals surface area contributed by atoms with Gasteiger partial charge in [-0.05, 0) is 30.0 Å². The molecule has 0 bridgehead atoms. The molecular weight excluding hydrogens is 372 g/mol. The largest absolute Gasteiger partial charge is 0.356 e. The molecule has 1 N–H and O–H groups in total. The van der Waals surface area contributed by atoms with E-state index in [0.29, 0.717) is 43.5 Å². The predicted octanol–water partition coefficient (Wildman–Crippen LogP) is 2.35. The molecule has 0 aliphatic carbocycles. The third-order valence-corrected chi connectivity index (χ3v) is 7.85. The van der Waals surface area contributed by atoms with E-state index >= 15 is 0 Å². The van der Waals surface area contributed by atoms with Gasteiger partial charge >= 0.3 is 0 Å². The highest BCUT2D eigenvalue weighted by atomic mass is 35.5. The van der Waals surface area contributed by atoms with Crippen molar-refractivity contribution in [1.82, 2.24) is 10.2 Å². The number of amides is 1. The van der Waals surface area contributed by atoms with Crippen LogP contribution in [0.4, 0.5) is 0 Å². The Kier molecular flexibility index (Phi) is 5.94. The highest BCUT2D eigenvalue weighted by molar-refractivity contribution is 7.92. The van der Waals surface area contributed by atoms with Gasteiger partial charge in [0.2, 0.25) is 5.91 Å². The van der Waals surface area contributed by atoms with E-state index < -0.39 is 15.1 Å². The van der Waals surface area contributed by atoms with Gasteiger partial charge in [-0.2, -0.15) is 0 Å². The number of carbonyl (C=O) groups is 1. The first-order valence-electron chi connectivity index (χ1n) is 9.22. The lowest BCUT2D eigenvalue weighted by Gasteiger charge is -2.32. The van der Waals surface area contributed by atoms with E-state index in [4.69, 9.17) is 11.6 Å². The van der Waals surface area contributed by atoms with Crippen LogP contribution in [0.15, 0.2) is 24.3 Å². The Hall–Kier alpha value is -1.11. The number of carbonyl (C=O) groups excluding carboxylic acids is 1. The number of likely N-dealkylation sites (tertiary alicyclic amines) is 1. The zero-order valence-electron chi connectivity index (χ0n) is 15.3. The molecule has 144 valence electrons. The monoisotopic (exact) mass is 398 g/mol. The van der Waals surface area contributed by atoms with E-state index in [0.717, 1.165) is 5.56 Å². The van der Waals surface area contributed by atoms with Crippen LogP contribution in [0.2, 0.25) is 5.02 Å². The van der Waals surface area contributed by atoms with E-state index in [1.807, 2.05) is 24.3 Å². The summed E-state index contributed by atoms with van der Waals surface area (Å²) in [5.74, 6) is 0.156. The number of fused-ring (bicyclic) bond motifs is 1. The van der Waals surface area contributed by atoms with E-state index in [1.165, 1.54) is 0 Å². The Labute approximate surface area is 161 Å². The second-order valence-corrected chi connectivity index (χ2v) is 10.7. The predicted molar refractivity (Wildman–Crippen MR) is 104 cm³/mol. The second-order valence-electron chi connectivity index (χ2n) is 7.93. The first-order chi connectivity index (χ1) is 12.3. The molecule has 2 saturated heterocycles. The van der Waals surface area contributed by atoms with Crippen molar-refractivity contribution in [1.29, 1.82) is 0 Å². The molecule has 5 nitrogen and oxygen atoms in total. The SMILES string of the molecule is CC(C)CNC(=O)[C@@H]1CCS(=O)(=O)[C@H]2CN(Cc3cccc(Cl)c3)C[C@@H]12. The summed E-state index contributed by atoms with van der Waals surface area (Å²) in [6, 6.07) is 7.63. The Bertz CT molecular complexity index is 766. The number of hydrogen-bond acceptors (Lipinski definition) is 4. The topological polar surface area (TPSA) is 66.5 Å². The zero-order chi connectivity index (χ0) is 18.9. The van der Waals surface area contributed by atoms with E-state index in [9.17, 15) is 13.2 Å². The number of nitrogens with zero attached hydrogens (tertiary/aromatic N) is 1. The van der Waals surface area contributed by atoms with Gasteiger partial charge in [0, 0.05) is 43.0 Å². The summed E-state index contributed by atoms with van der Waals surface area (Å²) in [5.41, 5.74) is 1.06. The maximum atomic E-state index is 12.6. The van der Waals surface area contributed by atoms with Crippen molar-refractivity contribution >= 4 is 27.3 Å². The van der Waals surface area contributed by atoms with E-state index in [1.54, 1.807) is 0 Å². The molecule has 1 amide bonds. The number of rotatable bonds is 5. The fraction of sp³-hybridized carbons (Fsp3) is 0.632. The number of hydrogen-bond donors (Lipinski definition) is 1. The van der Waals surface area contributed by atoms with Gasteiger partial charge in [0.1, 0.15) is 0 Å². The Morgan fingerprint density at radius 3 is 2.81 bits per heavy atom. The maximum Gasteiger partial charge on any atom is 0.223 e. The molecule has 1 aromatic rings. The minimum absolute atomic E-state index is 0.00760. The van der Waals surface area contributed by atoms with Crippen molar-refractivity contribution in [3.63, 3.8) is 0 Å². The number of halogens is 1. The molecular formula is C19H27ClN2O3S. The number of benzene rings is 1. The first kappa shape index (κ1) is 19.6. The second kappa shape index (κ2) is 7.87. The summed E-state index contributed by atoms with van der Waals surface area (Å²) < 4.78 is 25.1. The molecule has 7 heteroatoms. The normalized spacial score (nSPS) is 28.1. The van der Waals surface area contributed by atoms with Gasteiger partial charge in [0.15, 0.2) is 9.84 Å². The molecule has 2 heterocycles. The summed E-state index contributed by atoms with van der Waals surface area (Å²) in [6.45, 7) is 6.52. The van der Waals surface area contributed by atoms with Crippen molar-refractivity contribution in [2.24, 2.45) is 17.8 Å². The Morgan fingerprint density at radius 2 is 2.12 bits per heavy atom. The molecule has 26 heavy (non-hydrogen) atoms. The van der Waals surface area contributed by atoms with Gasteiger partial charge in [0.05, 0.1) is 11.0 Å². The van der Waals surface area contributed by atoms with Crippen LogP contribution in [-0.4, -0.2) is 49.9 Å². The zero-order valence-corrected chi connectivity index (χ0v) is 16.9. The van der Waals surface area contributed by atoms with Gasteiger partial charge in [-0.25, -0.2) is 8.42 Å². The quantitative estimate of drug-likeness (QED) is 0.826. The van der Waals surface area contributed by atoms with Gasteiger partial charge in [-0.15, -0.1) is 0 Å². The molecule has 0 unspecified atom stereocenters. The third-order valence-electron chi connectivity index (χ3n) is 5.39. The highest BCUT2D eigenvalue weighted by Crippen LogP contribution is 2.37. The average Bonchev–Trinajstić information content (AvgIpc) is 2.97. The lowest BCUT2D eigenvalue weighted by Crippen LogP contribution is -2.47. The Balaban J connectivity index is 1.73. The lowest BCUT2D eigenvalue weighted by molar-refractivity contribution is -0.126. The van der Waals surface area contributed by atoms with Crippen LogP contribution >= 0.6 is 11.6 Å². The molecule has 1 aromatic carbocycles. The first-order valence-corrected chi connectivity index (χ1v) is 11.3. The van der Waals surface area contributed by atoms with Crippen LogP contribution in [0, 0.1) is 17.8 Å². The van der Waals surface area contributed by atoms with Crippen LogP contribution in [0.25, 0.3) is 0 Å². The maximum absolute atomic E-state index is 12.6. The number of sulfone groups is 1. The van der Waals surface area contributed by atoms with Gasteiger partial charge in [-0.1, -0.05) is 37.6 Å². The van der Waals surface area contributed by atoms with Crippen LogP contribution in [0.5, 0.6) is 0 Å². The van der Waals surface area contributed by atoms with Crippen molar-refractivity contribution in [2.45, 2.75) is 32.1 Å². The smallest absolute Gasteiger partial charge is 0.223 e. The summed E-state index contributed by atoms with van der Waals surface area (Å²) in [6.07, 6.45) is 0.429. The summed E-state index contributed by atoms with van der Waals surface area (Å²) >= 11 is 6.06. The fourth-order valence-electron chi connectivity index (χ4n) is 4.09. The molecule has 2 fully saturated rings. The minimum atomic E-state index is -3.14.